The zero-order valence-electron chi connectivity index (χ0n) is 10.7. The number of hydrogen-bond acceptors (Lipinski definition) is 6. The summed E-state index contributed by atoms with van der Waals surface area (Å²) in [5.41, 5.74) is 1.83. The first-order valence-corrected chi connectivity index (χ1v) is 6.01. The fourth-order valence-electron chi connectivity index (χ4n) is 1.24. The second kappa shape index (κ2) is 10.4. The summed E-state index contributed by atoms with van der Waals surface area (Å²) in [7, 11) is 0. The highest BCUT2D eigenvalue weighted by molar-refractivity contribution is 5.72. The molecule has 0 fully saturated rings. The van der Waals surface area contributed by atoms with Crippen LogP contribution in [0.5, 0.6) is 0 Å². The van der Waals surface area contributed by atoms with Crippen molar-refractivity contribution >= 4 is 11.0 Å². The minimum Gasteiger partial charge on any atom is -0.394 e. The zero-order chi connectivity index (χ0) is 13.8. The Morgan fingerprint density at radius 2 is 1.32 bits per heavy atom. The molecule has 3 N–H and O–H groups in total. The number of aromatic nitrogens is 3. The molecule has 0 aliphatic carbocycles. The van der Waals surface area contributed by atoms with Gasteiger partial charge in [0.15, 0.2) is 0 Å². The Morgan fingerprint density at radius 3 is 1.74 bits per heavy atom. The van der Waals surface area contributed by atoms with Gasteiger partial charge in [0.2, 0.25) is 0 Å². The number of benzene rings is 1. The molecule has 1 aromatic heterocycles. The van der Waals surface area contributed by atoms with Gasteiger partial charge in [0, 0.05) is 0 Å². The van der Waals surface area contributed by atoms with Crippen molar-refractivity contribution in [1.29, 1.82) is 0 Å². The van der Waals surface area contributed by atoms with Gasteiger partial charge in [-0.15, -0.1) is 0 Å². The fourth-order valence-corrected chi connectivity index (χ4v) is 1.24. The van der Waals surface area contributed by atoms with Gasteiger partial charge in [-0.3, -0.25) is 0 Å². The SMILES string of the molecule is OCCOCCOCCO.c1ccc2n[nH]nc2c1. The average molecular weight is 269 g/mol. The number of aromatic amines is 1. The maximum atomic E-state index is 8.26. The van der Waals surface area contributed by atoms with Crippen LogP contribution in [0.25, 0.3) is 11.0 Å². The van der Waals surface area contributed by atoms with Crippen LogP contribution in [0.1, 0.15) is 0 Å². The van der Waals surface area contributed by atoms with Crippen molar-refractivity contribution in [3.8, 4) is 0 Å². The van der Waals surface area contributed by atoms with Crippen LogP contribution in [-0.4, -0.2) is 65.3 Å². The third-order valence-electron chi connectivity index (χ3n) is 2.07. The smallest absolute Gasteiger partial charge is 0.112 e. The predicted molar refractivity (Wildman–Crippen MR) is 69.7 cm³/mol. The van der Waals surface area contributed by atoms with Gasteiger partial charge < -0.3 is 19.7 Å². The van der Waals surface area contributed by atoms with Crippen molar-refractivity contribution in [3.05, 3.63) is 24.3 Å². The summed E-state index contributed by atoms with van der Waals surface area (Å²) in [4.78, 5) is 0. The molecule has 0 bridgehead atoms. The molecule has 7 heteroatoms. The summed E-state index contributed by atoms with van der Waals surface area (Å²) in [5, 5.41) is 26.8. The number of aliphatic hydroxyl groups is 2. The van der Waals surface area contributed by atoms with Crippen molar-refractivity contribution < 1.29 is 19.7 Å². The van der Waals surface area contributed by atoms with Crippen LogP contribution in [0.3, 0.4) is 0 Å². The normalized spacial score (nSPS) is 10.2. The first kappa shape index (κ1) is 15.5. The van der Waals surface area contributed by atoms with Gasteiger partial charge in [-0.1, -0.05) is 12.1 Å². The van der Waals surface area contributed by atoms with Gasteiger partial charge in [0.1, 0.15) is 11.0 Å². The van der Waals surface area contributed by atoms with Crippen LogP contribution in [0.4, 0.5) is 0 Å². The third-order valence-corrected chi connectivity index (χ3v) is 2.07. The van der Waals surface area contributed by atoms with Crippen LogP contribution in [0.15, 0.2) is 24.3 Å². The first-order chi connectivity index (χ1) is 9.38. The van der Waals surface area contributed by atoms with Crippen LogP contribution in [-0.2, 0) is 9.47 Å². The lowest BCUT2D eigenvalue weighted by atomic mass is 10.3. The number of rotatable bonds is 7. The Morgan fingerprint density at radius 1 is 0.842 bits per heavy atom. The molecule has 0 amide bonds. The monoisotopic (exact) mass is 269 g/mol. The Bertz CT molecular complexity index is 397. The summed E-state index contributed by atoms with van der Waals surface area (Å²) >= 11 is 0. The summed E-state index contributed by atoms with van der Waals surface area (Å²) in [5.74, 6) is 0. The molecule has 0 unspecified atom stereocenters. The standard InChI is InChI=1S/C6H5N3.C6H14O4/c1-2-4-6-5(3-1)7-9-8-6;7-1-3-9-5-6-10-4-2-8/h1-4H,(H,7,8,9);7-8H,1-6H2. The second-order valence-electron chi connectivity index (χ2n) is 3.48. The van der Waals surface area contributed by atoms with E-state index in [1.165, 1.54) is 0 Å². The highest BCUT2D eigenvalue weighted by atomic mass is 16.5. The molecule has 0 atom stereocenters. The van der Waals surface area contributed by atoms with Crippen molar-refractivity contribution in [2.45, 2.75) is 0 Å². The van der Waals surface area contributed by atoms with Gasteiger partial charge in [-0.05, 0) is 12.1 Å². The van der Waals surface area contributed by atoms with Gasteiger partial charge in [-0.25, -0.2) is 0 Å². The van der Waals surface area contributed by atoms with Gasteiger partial charge in [0.05, 0.1) is 39.6 Å². The van der Waals surface area contributed by atoms with E-state index in [0.717, 1.165) is 11.0 Å². The van der Waals surface area contributed by atoms with Gasteiger partial charge in [0.25, 0.3) is 0 Å². The van der Waals surface area contributed by atoms with E-state index in [0.29, 0.717) is 26.4 Å². The fraction of sp³-hybridized carbons (Fsp3) is 0.500. The molecule has 0 radical (unpaired) electrons. The molecule has 1 aromatic carbocycles. The Kier molecular flexibility index (Phi) is 8.48. The summed E-state index contributed by atoms with van der Waals surface area (Å²) in [6.45, 7) is 1.73. The molecular formula is C12H19N3O4. The maximum absolute atomic E-state index is 8.26. The van der Waals surface area contributed by atoms with E-state index in [1.807, 2.05) is 24.3 Å². The topological polar surface area (TPSA) is 100 Å². The van der Waals surface area contributed by atoms with Crippen molar-refractivity contribution in [3.63, 3.8) is 0 Å². The number of H-pyrrole nitrogens is 1. The molecule has 106 valence electrons. The average Bonchev–Trinajstić information content (AvgIpc) is 2.92. The van der Waals surface area contributed by atoms with Crippen LogP contribution >= 0.6 is 0 Å². The summed E-state index contributed by atoms with van der Waals surface area (Å²) in [6, 6.07) is 7.70. The number of para-hydroxylation sites is 2. The summed E-state index contributed by atoms with van der Waals surface area (Å²) < 4.78 is 9.75. The minimum absolute atomic E-state index is 0.0417. The highest BCUT2D eigenvalue weighted by Crippen LogP contribution is 2.03. The molecule has 1 heterocycles. The lowest BCUT2D eigenvalue weighted by molar-refractivity contribution is 0.0222. The Labute approximate surface area is 111 Å². The maximum Gasteiger partial charge on any atom is 0.112 e. The lowest BCUT2D eigenvalue weighted by Gasteiger charge is -2.01. The molecular weight excluding hydrogens is 250 g/mol. The zero-order valence-corrected chi connectivity index (χ0v) is 10.7. The predicted octanol–water partition coefficient (Wildman–Crippen LogP) is -0.0379. The first-order valence-electron chi connectivity index (χ1n) is 6.01. The molecule has 7 nitrogen and oxygen atoms in total. The minimum atomic E-state index is 0.0417. The van der Waals surface area contributed by atoms with E-state index in [1.54, 1.807) is 0 Å². The van der Waals surface area contributed by atoms with Crippen molar-refractivity contribution in [2.75, 3.05) is 39.6 Å². The molecule has 0 aliphatic rings. The van der Waals surface area contributed by atoms with E-state index >= 15 is 0 Å². The molecule has 0 spiro atoms. The number of nitrogens with one attached hydrogen (secondary N) is 1. The van der Waals surface area contributed by atoms with E-state index in [-0.39, 0.29) is 13.2 Å². The van der Waals surface area contributed by atoms with Crippen LogP contribution in [0, 0.1) is 0 Å². The van der Waals surface area contributed by atoms with Crippen molar-refractivity contribution in [1.82, 2.24) is 15.4 Å². The molecule has 0 saturated carbocycles. The van der Waals surface area contributed by atoms with Crippen LogP contribution in [0.2, 0.25) is 0 Å². The van der Waals surface area contributed by atoms with E-state index in [2.05, 4.69) is 15.4 Å². The number of aliphatic hydroxyl groups excluding tert-OH is 2. The highest BCUT2D eigenvalue weighted by Gasteiger charge is 1.90. The largest absolute Gasteiger partial charge is 0.394 e. The lowest BCUT2D eigenvalue weighted by Crippen LogP contribution is -2.09. The number of hydrogen-bond donors (Lipinski definition) is 3. The van der Waals surface area contributed by atoms with E-state index < -0.39 is 0 Å². The third kappa shape index (κ3) is 6.82. The quantitative estimate of drug-likeness (QED) is 0.610. The Balaban J connectivity index is 0.000000190. The molecule has 2 aromatic rings. The molecule has 0 saturated heterocycles. The second-order valence-corrected chi connectivity index (χ2v) is 3.48. The number of nitrogens with zero attached hydrogens (tertiary/aromatic N) is 2. The van der Waals surface area contributed by atoms with Crippen molar-refractivity contribution in [2.24, 2.45) is 0 Å². The van der Waals surface area contributed by atoms with E-state index in [4.69, 9.17) is 19.7 Å². The number of ether oxygens (including phenoxy) is 2. The molecule has 2 rings (SSSR count). The number of fused-ring (bicyclic) bond motifs is 1. The summed E-state index contributed by atoms with van der Waals surface area (Å²) in [6.07, 6.45) is 0. The molecule has 0 aliphatic heterocycles. The van der Waals surface area contributed by atoms with Gasteiger partial charge >= 0.3 is 0 Å². The Hall–Kier alpha value is -1.54. The van der Waals surface area contributed by atoms with Crippen LogP contribution < -0.4 is 0 Å². The van der Waals surface area contributed by atoms with E-state index in [9.17, 15) is 0 Å². The molecule has 19 heavy (non-hydrogen) atoms. The van der Waals surface area contributed by atoms with Gasteiger partial charge in [-0.2, -0.15) is 15.4 Å².